The van der Waals surface area contributed by atoms with Crippen molar-refractivity contribution in [2.45, 2.75) is 46.6 Å². The number of aromatic nitrogens is 1. The minimum absolute atomic E-state index is 0.937. The summed E-state index contributed by atoms with van der Waals surface area (Å²) in [5.41, 5.74) is 1.26. The van der Waals surface area contributed by atoms with Gasteiger partial charge in [-0.05, 0) is 26.3 Å². The number of hydrogen-bond acceptors (Lipinski definition) is 4. The van der Waals surface area contributed by atoms with Gasteiger partial charge in [0.05, 0.1) is 5.69 Å². The van der Waals surface area contributed by atoms with E-state index in [1.54, 1.807) is 0 Å². The minimum atomic E-state index is 0.937. The summed E-state index contributed by atoms with van der Waals surface area (Å²) in [6.07, 6.45) is 3.39. The van der Waals surface area contributed by atoms with Gasteiger partial charge in [-0.25, -0.2) is 4.98 Å². The number of rotatable bonds is 8. The van der Waals surface area contributed by atoms with Gasteiger partial charge in [-0.2, -0.15) is 0 Å². The van der Waals surface area contributed by atoms with Gasteiger partial charge in [0, 0.05) is 24.5 Å². The van der Waals surface area contributed by atoms with Crippen LogP contribution in [0.2, 0.25) is 0 Å². The Morgan fingerprint density at radius 3 is 2.29 bits per heavy atom. The van der Waals surface area contributed by atoms with E-state index in [-0.39, 0.29) is 0 Å². The molecular formula is C13H25N3S. The SMILES string of the molecule is CCCN(CCC)c1nc(CC)c(CNC)s1. The van der Waals surface area contributed by atoms with Gasteiger partial charge in [0.1, 0.15) is 0 Å². The van der Waals surface area contributed by atoms with Gasteiger partial charge in [0.2, 0.25) is 0 Å². The second-order valence-electron chi connectivity index (χ2n) is 4.24. The third-order valence-electron chi connectivity index (χ3n) is 2.70. The Balaban J connectivity index is 2.86. The van der Waals surface area contributed by atoms with Crippen LogP contribution >= 0.6 is 11.3 Å². The van der Waals surface area contributed by atoms with Crippen molar-refractivity contribution in [1.82, 2.24) is 10.3 Å². The number of hydrogen-bond donors (Lipinski definition) is 1. The first-order valence-electron chi connectivity index (χ1n) is 6.64. The van der Waals surface area contributed by atoms with Gasteiger partial charge in [-0.3, -0.25) is 0 Å². The molecule has 0 aliphatic carbocycles. The molecule has 1 rings (SSSR count). The third-order valence-corrected chi connectivity index (χ3v) is 3.86. The highest BCUT2D eigenvalue weighted by molar-refractivity contribution is 7.15. The summed E-state index contributed by atoms with van der Waals surface area (Å²) in [6.45, 7) is 9.80. The predicted molar refractivity (Wildman–Crippen MR) is 77.1 cm³/mol. The molecule has 1 heterocycles. The molecule has 0 unspecified atom stereocenters. The highest BCUT2D eigenvalue weighted by Crippen LogP contribution is 2.27. The molecule has 0 aliphatic heterocycles. The van der Waals surface area contributed by atoms with Gasteiger partial charge in [0.25, 0.3) is 0 Å². The van der Waals surface area contributed by atoms with Crippen LogP contribution in [0.4, 0.5) is 5.13 Å². The first kappa shape index (κ1) is 14.5. The molecular weight excluding hydrogens is 230 g/mol. The summed E-state index contributed by atoms with van der Waals surface area (Å²) >= 11 is 1.85. The van der Waals surface area contributed by atoms with Crippen molar-refractivity contribution in [2.75, 3.05) is 25.0 Å². The van der Waals surface area contributed by atoms with E-state index < -0.39 is 0 Å². The summed E-state index contributed by atoms with van der Waals surface area (Å²) in [5, 5.41) is 4.43. The largest absolute Gasteiger partial charge is 0.348 e. The first-order chi connectivity index (χ1) is 8.26. The fourth-order valence-electron chi connectivity index (χ4n) is 1.92. The predicted octanol–water partition coefficient (Wildman–Crippen LogP) is 3.05. The van der Waals surface area contributed by atoms with Crippen molar-refractivity contribution in [2.24, 2.45) is 0 Å². The zero-order chi connectivity index (χ0) is 12.7. The molecule has 0 spiro atoms. The smallest absolute Gasteiger partial charge is 0.185 e. The quantitative estimate of drug-likeness (QED) is 0.774. The van der Waals surface area contributed by atoms with Crippen LogP contribution in [0.25, 0.3) is 0 Å². The van der Waals surface area contributed by atoms with Crippen molar-refractivity contribution in [3.63, 3.8) is 0 Å². The molecule has 4 heteroatoms. The zero-order valence-electron chi connectivity index (χ0n) is 11.5. The number of nitrogens with one attached hydrogen (secondary N) is 1. The lowest BCUT2D eigenvalue weighted by Gasteiger charge is -2.19. The maximum atomic E-state index is 4.79. The molecule has 3 nitrogen and oxygen atoms in total. The van der Waals surface area contributed by atoms with Gasteiger partial charge < -0.3 is 10.2 Å². The molecule has 98 valence electrons. The molecule has 0 aromatic carbocycles. The van der Waals surface area contributed by atoms with Crippen LogP contribution in [-0.2, 0) is 13.0 Å². The standard InChI is InChI=1S/C13H25N3S/c1-5-8-16(9-6-2)13-15-11(7-3)12(17-13)10-14-4/h14H,5-10H2,1-4H3. The van der Waals surface area contributed by atoms with Crippen LogP contribution in [0, 0.1) is 0 Å². The van der Waals surface area contributed by atoms with Gasteiger partial charge in [-0.1, -0.05) is 20.8 Å². The van der Waals surface area contributed by atoms with Crippen molar-refractivity contribution >= 4 is 16.5 Å². The normalized spacial score (nSPS) is 10.8. The average molecular weight is 255 g/mol. The summed E-state index contributed by atoms with van der Waals surface area (Å²) < 4.78 is 0. The molecule has 0 saturated carbocycles. The van der Waals surface area contributed by atoms with Crippen molar-refractivity contribution < 1.29 is 0 Å². The lowest BCUT2D eigenvalue weighted by molar-refractivity contribution is 0.739. The zero-order valence-corrected chi connectivity index (χ0v) is 12.4. The van der Waals surface area contributed by atoms with Crippen LogP contribution in [0.1, 0.15) is 44.2 Å². The molecule has 0 saturated heterocycles. The lowest BCUT2D eigenvalue weighted by Crippen LogP contribution is -2.24. The molecule has 0 fully saturated rings. The van der Waals surface area contributed by atoms with Crippen LogP contribution in [0.3, 0.4) is 0 Å². The molecule has 0 amide bonds. The van der Waals surface area contributed by atoms with E-state index in [1.807, 2.05) is 18.4 Å². The summed E-state index contributed by atoms with van der Waals surface area (Å²) in [4.78, 5) is 8.60. The van der Waals surface area contributed by atoms with E-state index in [2.05, 4.69) is 31.0 Å². The van der Waals surface area contributed by atoms with Crippen LogP contribution in [-0.4, -0.2) is 25.1 Å². The molecule has 0 atom stereocenters. The highest BCUT2D eigenvalue weighted by atomic mass is 32.1. The van der Waals surface area contributed by atoms with Gasteiger partial charge >= 0.3 is 0 Å². The number of anilines is 1. The second kappa shape index (κ2) is 7.67. The lowest BCUT2D eigenvalue weighted by atomic mass is 10.3. The number of aryl methyl sites for hydroxylation is 1. The monoisotopic (exact) mass is 255 g/mol. The maximum Gasteiger partial charge on any atom is 0.185 e. The third kappa shape index (κ3) is 3.96. The van der Waals surface area contributed by atoms with E-state index in [0.29, 0.717) is 0 Å². The fraction of sp³-hybridized carbons (Fsp3) is 0.769. The Morgan fingerprint density at radius 2 is 1.82 bits per heavy atom. The average Bonchev–Trinajstić information content (AvgIpc) is 2.72. The van der Waals surface area contributed by atoms with Crippen molar-refractivity contribution in [3.05, 3.63) is 10.6 Å². The number of thiazole rings is 1. The Labute approximate surface area is 109 Å². The molecule has 17 heavy (non-hydrogen) atoms. The Bertz CT molecular complexity index is 316. The van der Waals surface area contributed by atoms with Gasteiger partial charge in [0.15, 0.2) is 5.13 Å². The van der Waals surface area contributed by atoms with E-state index >= 15 is 0 Å². The molecule has 1 aromatic heterocycles. The fourth-order valence-corrected chi connectivity index (χ4v) is 3.14. The molecule has 0 bridgehead atoms. The molecule has 1 N–H and O–H groups in total. The molecule has 0 radical (unpaired) electrons. The van der Waals surface area contributed by atoms with Crippen molar-refractivity contribution in [3.8, 4) is 0 Å². The van der Waals surface area contributed by atoms with Crippen LogP contribution in [0.5, 0.6) is 0 Å². The molecule has 0 aliphatic rings. The number of nitrogens with zero attached hydrogens (tertiary/aromatic N) is 2. The Morgan fingerprint density at radius 1 is 1.18 bits per heavy atom. The second-order valence-corrected chi connectivity index (χ2v) is 5.30. The van der Waals surface area contributed by atoms with E-state index in [4.69, 9.17) is 4.98 Å². The summed E-state index contributed by atoms with van der Waals surface area (Å²) in [7, 11) is 1.99. The van der Waals surface area contributed by atoms with Crippen LogP contribution < -0.4 is 10.2 Å². The topological polar surface area (TPSA) is 28.2 Å². The Kier molecular flexibility index (Phi) is 6.52. The minimum Gasteiger partial charge on any atom is -0.348 e. The Hall–Kier alpha value is -0.610. The maximum absolute atomic E-state index is 4.79. The van der Waals surface area contributed by atoms with E-state index in [1.165, 1.54) is 28.5 Å². The van der Waals surface area contributed by atoms with Crippen molar-refractivity contribution in [1.29, 1.82) is 0 Å². The van der Waals surface area contributed by atoms with Gasteiger partial charge in [-0.15, -0.1) is 11.3 Å². The van der Waals surface area contributed by atoms with Crippen LogP contribution in [0.15, 0.2) is 0 Å². The highest BCUT2D eigenvalue weighted by Gasteiger charge is 2.13. The molecule has 1 aromatic rings. The summed E-state index contributed by atoms with van der Waals surface area (Å²) in [5.74, 6) is 0. The summed E-state index contributed by atoms with van der Waals surface area (Å²) in [6, 6.07) is 0. The first-order valence-corrected chi connectivity index (χ1v) is 7.46. The van der Waals surface area contributed by atoms with E-state index in [0.717, 1.165) is 26.1 Å². The van der Waals surface area contributed by atoms with E-state index in [9.17, 15) is 0 Å².